The molecule has 2 aliphatic heterocycles. The number of hydrogen-bond acceptors (Lipinski definition) is 2. The van der Waals surface area contributed by atoms with Gasteiger partial charge in [0.25, 0.3) is 5.91 Å². The zero-order valence-electron chi connectivity index (χ0n) is 11.0. The molecule has 3 nitrogen and oxygen atoms in total. The molecule has 0 aromatic heterocycles. The zero-order chi connectivity index (χ0) is 13.4. The average Bonchev–Trinajstić information content (AvgIpc) is 2.70. The van der Waals surface area contributed by atoms with Gasteiger partial charge in [-0.15, -0.1) is 0 Å². The molecule has 102 valence electrons. The predicted octanol–water partition coefficient (Wildman–Crippen LogP) is 3.23. The van der Waals surface area contributed by atoms with Crippen LogP contribution in [0.3, 0.4) is 0 Å². The Kier molecular flexibility index (Phi) is 3.52. The Bertz CT molecular complexity index is 477. The van der Waals surface area contributed by atoms with Gasteiger partial charge in [-0.05, 0) is 37.8 Å². The van der Waals surface area contributed by atoms with Crippen molar-refractivity contribution in [3.8, 4) is 5.75 Å². The third kappa shape index (κ3) is 2.27. The van der Waals surface area contributed by atoms with Crippen molar-refractivity contribution in [1.29, 1.82) is 0 Å². The van der Waals surface area contributed by atoms with Gasteiger partial charge in [-0.1, -0.05) is 28.1 Å². The van der Waals surface area contributed by atoms with E-state index in [2.05, 4.69) is 20.8 Å². The fourth-order valence-corrected chi connectivity index (χ4v) is 4.27. The number of alkyl halides is 1. The number of ether oxygens (including phenoxy) is 1. The van der Waals surface area contributed by atoms with Crippen LogP contribution in [0.25, 0.3) is 0 Å². The highest BCUT2D eigenvalue weighted by molar-refractivity contribution is 9.09. The lowest BCUT2D eigenvalue weighted by atomic mass is 10.0. The SMILES string of the molecule is COc1ccccc1C(=O)N1C2CCC1CC(Br)C2. The maximum Gasteiger partial charge on any atom is 0.258 e. The third-order valence-electron chi connectivity index (χ3n) is 4.25. The van der Waals surface area contributed by atoms with Crippen molar-refractivity contribution in [3.63, 3.8) is 0 Å². The molecule has 2 heterocycles. The van der Waals surface area contributed by atoms with Crippen LogP contribution in [0.5, 0.6) is 5.75 Å². The Morgan fingerprint density at radius 3 is 2.53 bits per heavy atom. The van der Waals surface area contributed by atoms with Crippen LogP contribution >= 0.6 is 15.9 Å². The Morgan fingerprint density at radius 1 is 1.26 bits per heavy atom. The van der Waals surface area contributed by atoms with Crippen molar-refractivity contribution >= 4 is 21.8 Å². The quantitative estimate of drug-likeness (QED) is 0.782. The van der Waals surface area contributed by atoms with Crippen molar-refractivity contribution in [3.05, 3.63) is 29.8 Å². The first-order valence-electron chi connectivity index (χ1n) is 6.80. The highest BCUT2D eigenvalue weighted by Gasteiger charge is 2.43. The molecule has 2 atom stereocenters. The largest absolute Gasteiger partial charge is 0.496 e. The minimum atomic E-state index is 0.129. The molecule has 1 aromatic carbocycles. The Hall–Kier alpha value is -1.03. The summed E-state index contributed by atoms with van der Waals surface area (Å²) in [5.74, 6) is 0.803. The summed E-state index contributed by atoms with van der Waals surface area (Å²) in [6.07, 6.45) is 4.40. The Balaban J connectivity index is 1.89. The van der Waals surface area contributed by atoms with Crippen LogP contribution in [0.4, 0.5) is 0 Å². The fraction of sp³-hybridized carbons (Fsp3) is 0.533. The average molecular weight is 324 g/mol. The second-order valence-electron chi connectivity index (χ2n) is 5.37. The highest BCUT2D eigenvalue weighted by Crippen LogP contribution is 2.39. The minimum absolute atomic E-state index is 0.129. The van der Waals surface area contributed by atoms with E-state index in [0.29, 0.717) is 28.2 Å². The molecule has 3 rings (SSSR count). The number of benzene rings is 1. The van der Waals surface area contributed by atoms with Crippen molar-refractivity contribution in [1.82, 2.24) is 4.90 Å². The smallest absolute Gasteiger partial charge is 0.258 e. The van der Waals surface area contributed by atoms with E-state index in [4.69, 9.17) is 4.74 Å². The molecule has 2 bridgehead atoms. The molecule has 0 N–H and O–H groups in total. The van der Waals surface area contributed by atoms with Gasteiger partial charge < -0.3 is 9.64 Å². The molecule has 1 amide bonds. The van der Waals surface area contributed by atoms with E-state index >= 15 is 0 Å². The van der Waals surface area contributed by atoms with E-state index in [1.54, 1.807) is 7.11 Å². The van der Waals surface area contributed by atoms with E-state index in [1.165, 1.54) is 0 Å². The topological polar surface area (TPSA) is 29.5 Å². The lowest BCUT2D eigenvalue weighted by Crippen LogP contribution is -2.46. The molecule has 2 unspecified atom stereocenters. The van der Waals surface area contributed by atoms with Crippen molar-refractivity contribution < 1.29 is 9.53 Å². The monoisotopic (exact) mass is 323 g/mol. The lowest BCUT2D eigenvalue weighted by Gasteiger charge is -2.37. The molecular weight excluding hydrogens is 306 g/mol. The van der Waals surface area contributed by atoms with Gasteiger partial charge >= 0.3 is 0 Å². The van der Waals surface area contributed by atoms with Crippen LogP contribution in [-0.2, 0) is 0 Å². The standard InChI is InChI=1S/C15H18BrNO2/c1-19-14-5-3-2-4-13(14)15(18)17-11-6-7-12(17)9-10(16)8-11/h2-5,10-12H,6-9H2,1H3. The first-order chi connectivity index (χ1) is 9.20. The summed E-state index contributed by atoms with van der Waals surface area (Å²) in [6.45, 7) is 0. The molecule has 0 aliphatic carbocycles. The molecule has 1 aromatic rings. The van der Waals surface area contributed by atoms with Crippen LogP contribution in [-0.4, -0.2) is 34.8 Å². The minimum Gasteiger partial charge on any atom is -0.496 e. The predicted molar refractivity (Wildman–Crippen MR) is 77.9 cm³/mol. The molecule has 0 spiro atoms. The van der Waals surface area contributed by atoms with Gasteiger partial charge in [-0.25, -0.2) is 0 Å². The lowest BCUT2D eigenvalue weighted by molar-refractivity contribution is 0.0600. The molecule has 2 saturated heterocycles. The van der Waals surface area contributed by atoms with Crippen molar-refractivity contribution in [2.45, 2.75) is 42.6 Å². The van der Waals surface area contributed by atoms with Crippen LogP contribution < -0.4 is 4.74 Å². The highest BCUT2D eigenvalue weighted by atomic mass is 79.9. The molecule has 19 heavy (non-hydrogen) atoms. The molecule has 0 saturated carbocycles. The van der Waals surface area contributed by atoms with Gasteiger partial charge in [0.15, 0.2) is 0 Å². The first kappa shape index (κ1) is 13.0. The maximum absolute atomic E-state index is 12.8. The second-order valence-corrected chi connectivity index (χ2v) is 6.66. The van der Waals surface area contributed by atoms with Crippen molar-refractivity contribution in [2.75, 3.05) is 7.11 Å². The zero-order valence-corrected chi connectivity index (χ0v) is 12.6. The summed E-state index contributed by atoms with van der Waals surface area (Å²) in [5.41, 5.74) is 0.690. The number of methoxy groups -OCH3 is 1. The van der Waals surface area contributed by atoms with E-state index in [0.717, 1.165) is 25.7 Å². The number of fused-ring (bicyclic) bond motifs is 2. The normalized spacial score (nSPS) is 29.4. The number of nitrogens with zero attached hydrogens (tertiary/aromatic N) is 1. The number of hydrogen-bond donors (Lipinski definition) is 0. The van der Waals surface area contributed by atoms with E-state index in [-0.39, 0.29) is 5.91 Å². The fourth-order valence-electron chi connectivity index (χ4n) is 3.40. The van der Waals surface area contributed by atoms with Crippen LogP contribution in [0, 0.1) is 0 Å². The van der Waals surface area contributed by atoms with Gasteiger partial charge in [0.1, 0.15) is 5.75 Å². The summed E-state index contributed by atoms with van der Waals surface area (Å²) in [7, 11) is 1.62. The van der Waals surface area contributed by atoms with Crippen molar-refractivity contribution in [2.24, 2.45) is 0 Å². The number of carbonyl (C=O) groups is 1. The Morgan fingerprint density at radius 2 is 1.89 bits per heavy atom. The second kappa shape index (κ2) is 5.16. The molecular formula is C15H18BrNO2. The summed E-state index contributed by atoms with van der Waals surface area (Å²) >= 11 is 3.71. The number of amides is 1. The number of rotatable bonds is 2. The van der Waals surface area contributed by atoms with Gasteiger partial charge in [-0.3, -0.25) is 4.79 Å². The van der Waals surface area contributed by atoms with E-state index in [1.807, 2.05) is 24.3 Å². The summed E-state index contributed by atoms with van der Waals surface area (Å²) in [5, 5.41) is 0. The van der Waals surface area contributed by atoms with Crippen LogP contribution in [0.2, 0.25) is 0 Å². The van der Waals surface area contributed by atoms with Gasteiger partial charge in [0, 0.05) is 16.9 Å². The molecule has 2 fully saturated rings. The summed E-state index contributed by atoms with van der Waals surface area (Å²) in [4.78, 5) is 15.4. The van der Waals surface area contributed by atoms with Gasteiger partial charge in [-0.2, -0.15) is 0 Å². The van der Waals surface area contributed by atoms with Gasteiger partial charge in [0.2, 0.25) is 0 Å². The molecule has 2 aliphatic rings. The van der Waals surface area contributed by atoms with Gasteiger partial charge in [0.05, 0.1) is 12.7 Å². The molecule has 4 heteroatoms. The Labute approximate surface area is 122 Å². The maximum atomic E-state index is 12.8. The third-order valence-corrected chi connectivity index (χ3v) is 5.00. The van der Waals surface area contributed by atoms with Crippen LogP contribution in [0.15, 0.2) is 24.3 Å². The van der Waals surface area contributed by atoms with E-state index < -0.39 is 0 Å². The summed E-state index contributed by atoms with van der Waals surface area (Å²) in [6, 6.07) is 8.29. The first-order valence-corrected chi connectivity index (χ1v) is 7.72. The number of piperidine rings is 1. The number of halogens is 1. The summed E-state index contributed by atoms with van der Waals surface area (Å²) < 4.78 is 5.31. The number of carbonyl (C=O) groups excluding carboxylic acids is 1. The van der Waals surface area contributed by atoms with Crippen LogP contribution in [0.1, 0.15) is 36.0 Å². The molecule has 0 radical (unpaired) electrons. The number of para-hydroxylation sites is 1. The van der Waals surface area contributed by atoms with E-state index in [9.17, 15) is 4.79 Å².